The largest absolute Gasteiger partial charge is 0.508 e. The number of benzene rings is 1. The monoisotopic (exact) mass is 256 g/mol. The average molecular weight is 256 g/mol. The predicted molar refractivity (Wildman–Crippen MR) is 64.1 cm³/mol. The number of nitrogens with zero attached hydrogens (tertiary/aromatic N) is 4. The lowest BCUT2D eigenvalue weighted by atomic mass is 10.2. The van der Waals surface area contributed by atoms with Gasteiger partial charge in [-0.15, -0.1) is 0 Å². The first-order valence-electron chi connectivity index (χ1n) is 5.36. The Morgan fingerprint density at radius 3 is 2.74 bits per heavy atom. The van der Waals surface area contributed by atoms with Crippen LogP contribution in [0.2, 0.25) is 0 Å². The molecular formula is C12H8N4O3. The van der Waals surface area contributed by atoms with Crippen LogP contribution in [0.4, 0.5) is 0 Å². The Morgan fingerprint density at radius 2 is 2.00 bits per heavy atom. The van der Waals surface area contributed by atoms with Gasteiger partial charge in [0.15, 0.2) is 0 Å². The second-order valence-corrected chi connectivity index (χ2v) is 3.72. The van der Waals surface area contributed by atoms with Crippen molar-refractivity contribution in [1.82, 2.24) is 20.1 Å². The molecule has 0 saturated heterocycles. The fourth-order valence-electron chi connectivity index (χ4n) is 1.56. The summed E-state index contributed by atoms with van der Waals surface area (Å²) in [6.07, 6.45) is 2.94. The highest BCUT2D eigenvalue weighted by Gasteiger charge is 2.14. The molecule has 0 bridgehead atoms. The molecule has 0 saturated carbocycles. The van der Waals surface area contributed by atoms with Crippen LogP contribution in [-0.4, -0.2) is 30.3 Å². The lowest BCUT2D eigenvalue weighted by Gasteiger charge is -1.99. The Labute approximate surface area is 107 Å². The van der Waals surface area contributed by atoms with Crippen molar-refractivity contribution in [2.24, 2.45) is 0 Å². The van der Waals surface area contributed by atoms with Gasteiger partial charge in [-0.25, -0.2) is 9.97 Å². The minimum Gasteiger partial charge on any atom is -0.508 e. The molecule has 3 aromatic rings. The first-order valence-corrected chi connectivity index (χ1v) is 5.36. The van der Waals surface area contributed by atoms with Crippen LogP contribution < -0.4 is 0 Å². The van der Waals surface area contributed by atoms with Crippen molar-refractivity contribution in [3.8, 4) is 34.5 Å². The van der Waals surface area contributed by atoms with Gasteiger partial charge >= 0.3 is 0 Å². The van der Waals surface area contributed by atoms with Gasteiger partial charge in [0.25, 0.3) is 5.89 Å². The Balaban J connectivity index is 2.02. The first kappa shape index (κ1) is 11.1. The highest BCUT2D eigenvalue weighted by Crippen LogP contribution is 2.31. The average Bonchev–Trinajstić information content (AvgIpc) is 2.89. The molecule has 0 aliphatic rings. The summed E-state index contributed by atoms with van der Waals surface area (Å²) in [6, 6.07) is 5.75. The summed E-state index contributed by atoms with van der Waals surface area (Å²) in [5, 5.41) is 22.7. The van der Waals surface area contributed by atoms with Crippen molar-refractivity contribution in [2.45, 2.75) is 0 Å². The molecule has 0 unspecified atom stereocenters. The molecule has 2 heterocycles. The molecule has 19 heavy (non-hydrogen) atoms. The molecule has 2 N–H and O–H groups in total. The summed E-state index contributed by atoms with van der Waals surface area (Å²) in [4.78, 5) is 11.9. The molecule has 0 aliphatic carbocycles. The first-order chi connectivity index (χ1) is 9.24. The SMILES string of the molecule is Oc1ccc(-c2nc(-c3ccncn3)no2)c(O)c1. The number of aromatic nitrogens is 4. The minimum absolute atomic E-state index is 0.0446. The van der Waals surface area contributed by atoms with Crippen LogP contribution in [0.5, 0.6) is 11.5 Å². The van der Waals surface area contributed by atoms with Gasteiger partial charge in [0, 0.05) is 12.3 Å². The lowest BCUT2D eigenvalue weighted by molar-refractivity contribution is 0.423. The van der Waals surface area contributed by atoms with E-state index in [9.17, 15) is 10.2 Å². The number of hydrogen-bond donors (Lipinski definition) is 2. The summed E-state index contributed by atoms with van der Waals surface area (Å²) >= 11 is 0. The van der Waals surface area contributed by atoms with E-state index in [0.29, 0.717) is 17.1 Å². The zero-order valence-corrected chi connectivity index (χ0v) is 9.56. The molecule has 0 fully saturated rings. The van der Waals surface area contributed by atoms with Gasteiger partial charge in [-0.3, -0.25) is 0 Å². The molecular weight excluding hydrogens is 248 g/mol. The topological polar surface area (TPSA) is 105 Å². The van der Waals surface area contributed by atoms with Gasteiger partial charge in [0.05, 0.1) is 5.56 Å². The molecule has 94 valence electrons. The predicted octanol–water partition coefficient (Wildman–Crippen LogP) is 1.60. The number of hydrogen-bond acceptors (Lipinski definition) is 7. The summed E-state index contributed by atoms with van der Waals surface area (Å²) in [7, 11) is 0. The quantitative estimate of drug-likeness (QED) is 0.717. The maximum atomic E-state index is 9.71. The van der Waals surface area contributed by atoms with E-state index in [1.165, 1.54) is 24.5 Å². The van der Waals surface area contributed by atoms with Gasteiger partial charge < -0.3 is 14.7 Å². The highest BCUT2D eigenvalue weighted by molar-refractivity contribution is 5.65. The summed E-state index contributed by atoms with van der Waals surface area (Å²) < 4.78 is 5.06. The second kappa shape index (κ2) is 4.37. The summed E-state index contributed by atoms with van der Waals surface area (Å²) in [5.74, 6) is 0.255. The van der Waals surface area contributed by atoms with Crippen LogP contribution in [0.3, 0.4) is 0 Å². The number of rotatable bonds is 2. The lowest BCUT2D eigenvalue weighted by Crippen LogP contribution is -1.86. The summed E-state index contributed by atoms with van der Waals surface area (Å²) in [6.45, 7) is 0. The van der Waals surface area contributed by atoms with E-state index in [4.69, 9.17) is 4.52 Å². The second-order valence-electron chi connectivity index (χ2n) is 3.72. The van der Waals surface area contributed by atoms with Gasteiger partial charge in [0.2, 0.25) is 5.82 Å². The normalized spacial score (nSPS) is 10.5. The van der Waals surface area contributed by atoms with Crippen molar-refractivity contribution in [2.75, 3.05) is 0 Å². The highest BCUT2D eigenvalue weighted by atomic mass is 16.5. The van der Waals surface area contributed by atoms with Gasteiger partial charge in [-0.1, -0.05) is 5.16 Å². The molecule has 2 aromatic heterocycles. The molecule has 1 aromatic carbocycles. The Morgan fingerprint density at radius 1 is 1.11 bits per heavy atom. The Kier molecular flexibility index (Phi) is 2.57. The van der Waals surface area contributed by atoms with E-state index < -0.39 is 0 Å². The van der Waals surface area contributed by atoms with E-state index in [1.807, 2.05) is 0 Å². The van der Waals surface area contributed by atoms with Crippen molar-refractivity contribution in [3.05, 3.63) is 36.8 Å². The molecule has 0 radical (unpaired) electrons. The molecule has 0 spiro atoms. The van der Waals surface area contributed by atoms with Crippen LogP contribution >= 0.6 is 0 Å². The van der Waals surface area contributed by atoms with Crippen LogP contribution in [-0.2, 0) is 0 Å². The number of phenols is 2. The van der Waals surface area contributed by atoms with Crippen LogP contribution in [0.25, 0.3) is 23.0 Å². The molecule has 3 rings (SSSR count). The molecule has 7 nitrogen and oxygen atoms in total. The Hall–Kier alpha value is -2.96. The van der Waals surface area contributed by atoms with E-state index in [1.54, 1.807) is 12.3 Å². The van der Waals surface area contributed by atoms with E-state index >= 15 is 0 Å². The molecule has 7 heteroatoms. The Bertz CT molecular complexity index is 712. The van der Waals surface area contributed by atoms with Gasteiger partial charge in [-0.2, -0.15) is 4.98 Å². The third kappa shape index (κ3) is 2.08. The van der Waals surface area contributed by atoms with Crippen molar-refractivity contribution < 1.29 is 14.7 Å². The third-order valence-corrected chi connectivity index (χ3v) is 2.45. The molecule has 0 atom stereocenters. The van der Waals surface area contributed by atoms with Gasteiger partial charge in [0.1, 0.15) is 23.5 Å². The standard InChI is InChI=1S/C12H8N4O3/c17-7-1-2-8(10(18)5-7)12-15-11(16-19-12)9-3-4-13-6-14-9/h1-6,17-18H. The fourth-order valence-corrected chi connectivity index (χ4v) is 1.56. The van der Waals surface area contributed by atoms with Crippen LogP contribution in [0.1, 0.15) is 0 Å². The third-order valence-electron chi connectivity index (χ3n) is 2.45. The van der Waals surface area contributed by atoms with Crippen molar-refractivity contribution >= 4 is 0 Å². The maximum absolute atomic E-state index is 9.71. The molecule has 0 amide bonds. The van der Waals surface area contributed by atoms with Crippen molar-refractivity contribution in [1.29, 1.82) is 0 Å². The smallest absolute Gasteiger partial charge is 0.262 e. The molecule has 0 aliphatic heterocycles. The number of aromatic hydroxyl groups is 2. The maximum Gasteiger partial charge on any atom is 0.262 e. The summed E-state index contributed by atoms with van der Waals surface area (Å²) in [5.41, 5.74) is 0.855. The van der Waals surface area contributed by atoms with Crippen LogP contribution in [0, 0.1) is 0 Å². The van der Waals surface area contributed by atoms with Crippen LogP contribution in [0.15, 0.2) is 41.3 Å². The van der Waals surface area contributed by atoms with E-state index in [2.05, 4.69) is 20.1 Å². The van der Waals surface area contributed by atoms with Crippen molar-refractivity contribution in [3.63, 3.8) is 0 Å². The minimum atomic E-state index is -0.141. The zero-order chi connectivity index (χ0) is 13.2. The van der Waals surface area contributed by atoms with E-state index in [-0.39, 0.29) is 17.4 Å². The fraction of sp³-hybridized carbons (Fsp3) is 0. The number of phenolic OH excluding ortho intramolecular Hbond substituents is 2. The van der Waals surface area contributed by atoms with E-state index in [0.717, 1.165) is 0 Å². The zero-order valence-electron chi connectivity index (χ0n) is 9.56. The van der Waals surface area contributed by atoms with Gasteiger partial charge in [-0.05, 0) is 18.2 Å².